The Morgan fingerprint density at radius 3 is 2.24 bits per heavy atom. The predicted molar refractivity (Wildman–Crippen MR) is 112 cm³/mol. The monoisotopic (exact) mass is 386 g/mol. The fourth-order valence-corrected chi connectivity index (χ4v) is 3.29. The molecule has 0 atom stereocenters. The first-order chi connectivity index (χ1) is 14.2. The summed E-state index contributed by atoms with van der Waals surface area (Å²) in [4.78, 5) is 26.1. The van der Waals surface area contributed by atoms with Gasteiger partial charge < -0.3 is 15.0 Å². The third-order valence-electron chi connectivity index (χ3n) is 4.85. The molecule has 0 aliphatic carbocycles. The fraction of sp³-hybridized carbons (Fsp3) is 0.167. The van der Waals surface area contributed by atoms with Crippen molar-refractivity contribution in [2.24, 2.45) is 0 Å². The van der Waals surface area contributed by atoms with Crippen LogP contribution in [0.15, 0.2) is 78.9 Å². The number of nitrogens with zero attached hydrogens (tertiary/aromatic N) is 1. The van der Waals surface area contributed by atoms with Crippen LogP contribution in [0.4, 0.5) is 5.69 Å². The van der Waals surface area contributed by atoms with Crippen molar-refractivity contribution in [2.75, 3.05) is 11.9 Å². The molecule has 1 aliphatic rings. The maximum atomic E-state index is 12.5. The number of ether oxygens (including phenoxy) is 1. The Kier molecular flexibility index (Phi) is 5.56. The fourth-order valence-electron chi connectivity index (χ4n) is 3.29. The summed E-state index contributed by atoms with van der Waals surface area (Å²) >= 11 is 0. The molecule has 5 heteroatoms. The lowest BCUT2D eigenvalue weighted by atomic mass is 10.1. The van der Waals surface area contributed by atoms with Crippen molar-refractivity contribution in [1.29, 1.82) is 0 Å². The molecule has 0 spiro atoms. The molecule has 0 saturated carbocycles. The van der Waals surface area contributed by atoms with Gasteiger partial charge in [0.2, 0.25) is 5.91 Å². The first-order valence-electron chi connectivity index (χ1n) is 9.68. The Balaban J connectivity index is 1.34. The summed E-state index contributed by atoms with van der Waals surface area (Å²) in [6, 6.07) is 24.2. The summed E-state index contributed by atoms with van der Waals surface area (Å²) in [6.45, 7) is 1.41. The van der Waals surface area contributed by atoms with E-state index in [0.29, 0.717) is 30.0 Å². The average Bonchev–Trinajstić information content (AvgIpc) is 3.15. The van der Waals surface area contributed by atoms with Crippen LogP contribution in [-0.4, -0.2) is 23.3 Å². The summed E-state index contributed by atoms with van der Waals surface area (Å²) < 4.78 is 5.76. The zero-order valence-corrected chi connectivity index (χ0v) is 16.0. The second kappa shape index (κ2) is 8.61. The second-order valence-corrected chi connectivity index (χ2v) is 7.01. The topological polar surface area (TPSA) is 58.6 Å². The molecule has 0 aromatic heterocycles. The van der Waals surface area contributed by atoms with Crippen LogP contribution in [0.1, 0.15) is 28.8 Å². The minimum atomic E-state index is -0.175. The Bertz CT molecular complexity index is 983. The Morgan fingerprint density at radius 2 is 1.59 bits per heavy atom. The number of carbonyl (C=O) groups is 2. The number of amides is 2. The molecule has 29 heavy (non-hydrogen) atoms. The molecule has 3 aromatic carbocycles. The Labute approximate surface area is 169 Å². The van der Waals surface area contributed by atoms with Gasteiger partial charge in [0, 0.05) is 30.8 Å². The smallest absolute Gasteiger partial charge is 0.255 e. The molecule has 1 aliphatic heterocycles. The summed E-state index contributed by atoms with van der Waals surface area (Å²) in [6.07, 6.45) is 1.56. The van der Waals surface area contributed by atoms with Crippen LogP contribution in [0.3, 0.4) is 0 Å². The van der Waals surface area contributed by atoms with E-state index in [9.17, 15) is 9.59 Å². The molecule has 2 amide bonds. The van der Waals surface area contributed by atoms with Crippen LogP contribution < -0.4 is 10.1 Å². The molecule has 0 radical (unpaired) electrons. The van der Waals surface area contributed by atoms with Gasteiger partial charge in [-0.05, 0) is 60.5 Å². The largest absolute Gasteiger partial charge is 0.457 e. The number of likely N-dealkylation sites (tertiary alicyclic amines) is 1. The van der Waals surface area contributed by atoms with Crippen LogP contribution >= 0.6 is 0 Å². The lowest BCUT2D eigenvalue weighted by molar-refractivity contribution is -0.128. The third-order valence-corrected chi connectivity index (χ3v) is 4.85. The normalized spacial score (nSPS) is 13.4. The van der Waals surface area contributed by atoms with Crippen molar-refractivity contribution in [2.45, 2.75) is 19.4 Å². The Morgan fingerprint density at radius 1 is 0.897 bits per heavy atom. The van der Waals surface area contributed by atoms with Crippen LogP contribution in [0.2, 0.25) is 0 Å². The number of hydrogen-bond acceptors (Lipinski definition) is 3. The van der Waals surface area contributed by atoms with Crippen molar-refractivity contribution in [1.82, 2.24) is 4.90 Å². The number of rotatable bonds is 6. The van der Waals surface area contributed by atoms with Gasteiger partial charge in [0.05, 0.1) is 0 Å². The van der Waals surface area contributed by atoms with E-state index in [1.165, 1.54) is 0 Å². The van der Waals surface area contributed by atoms with E-state index in [2.05, 4.69) is 5.32 Å². The zero-order valence-electron chi connectivity index (χ0n) is 16.0. The maximum Gasteiger partial charge on any atom is 0.255 e. The summed E-state index contributed by atoms with van der Waals surface area (Å²) in [7, 11) is 0. The molecule has 0 bridgehead atoms. The van der Waals surface area contributed by atoms with Crippen molar-refractivity contribution in [3.63, 3.8) is 0 Å². The molecular weight excluding hydrogens is 364 g/mol. The number of carbonyl (C=O) groups excluding carboxylic acids is 2. The van der Waals surface area contributed by atoms with Gasteiger partial charge in [-0.15, -0.1) is 0 Å². The highest BCUT2D eigenvalue weighted by atomic mass is 16.5. The SMILES string of the molecule is O=C(Nc1ccc(Oc2ccccc2)cc1)c1ccc(CN2CCCC2=O)cc1. The van der Waals surface area contributed by atoms with Crippen LogP contribution in [0.5, 0.6) is 11.5 Å². The number of para-hydroxylation sites is 1. The quantitative estimate of drug-likeness (QED) is 0.659. The number of benzene rings is 3. The van der Waals surface area contributed by atoms with E-state index in [0.717, 1.165) is 24.3 Å². The number of anilines is 1. The molecule has 1 heterocycles. The van der Waals surface area contributed by atoms with Crippen LogP contribution in [0, 0.1) is 0 Å². The van der Waals surface area contributed by atoms with E-state index in [4.69, 9.17) is 4.74 Å². The van der Waals surface area contributed by atoms with Gasteiger partial charge in [-0.3, -0.25) is 9.59 Å². The van der Waals surface area contributed by atoms with E-state index >= 15 is 0 Å². The molecular formula is C24H22N2O3. The molecule has 5 nitrogen and oxygen atoms in total. The summed E-state index contributed by atoms with van der Waals surface area (Å²) in [5.41, 5.74) is 2.30. The van der Waals surface area contributed by atoms with E-state index in [1.807, 2.05) is 71.6 Å². The van der Waals surface area contributed by atoms with E-state index in [-0.39, 0.29) is 11.8 Å². The average molecular weight is 386 g/mol. The van der Waals surface area contributed by atoms with E-state index < -0.39 is 0 Å². The molecule has 0 unspecified atom stereocenters. The molecule has 146 valence electrons. The van der Waals surface area contributed by atoms with Gasteiger partial charge >= 0.3 is 0 Å². The summed E-state index contributed by atoms with van der Waals surface area (Å²) in [5, 5.41) is 2.89. The minimum absolute atomic E-state index is 0.175. The zero-order chi connectivity index (χ0) is 20.1. The molecule has 1 saturated heterocycles. The van der Waals surface area contributed by atoms with Crippen LogP contribution in [0.25, 0.3) is 0 Å². The molecule has 1 fully saturated rings. The van der Waals surface area contributed by atoms with Crippen molar-refractivity contribution >= 4 is 17.5 Å². The number of hydrogen-bond donors (Lipinski definition) is 1. The molecule has 4 rings (SSSR count). The van der Waals surface area contributed by atoms with Gasteiger partial charge in [-0.2, -0.15) is 0 Å². The highest BCUT2D eigenvalue weighted by molar-refractivity contribution is 6.04. The second-order valence-electron chi connectivity index (χ2n) is 7.01. The highest BCUT2D eigenvalue weighted by Crippen LogP contribution is 2.23. The van der Waals surface area contributed by atoms with Crippen molar-refractivity contribution < 1.29 is 14.3 Å². The van der Waals surface area contributed by atoms with Gasteiger partial charge in [-0.25, -0.2) is 0 Å². The molecule has 3 aromatic rings. The highest BCUT2D eigenvalue weighted by Gasteiger charge is 2.20. The standard InChI is InChI=1S/C24H22N2O3/c27-23-7-4-16-26(23)17-18-8-10-19(11-9-18)24(28)25-20-12-14-22(15-13-20)29-21-5-2-1-3-6-21/h1-3,5-6,8-15H,4,7,16-17H2,(H,25,28). The first kappa shape index (κ1) is 18.7. The van der Waals surface area contributed by atoms with Gasteiger partial charge in [0.1, 0.15) is 11.5 Å². The Hall–Kier alpha value is -3.60. The van der Waals surface area contributed by atoms with Crippen molar-refractivity contribution in [3.05, 3.63) is 90.0 Å². The molecule has 1 N–H and O–H groups in total. The number of nitrogens with one attached hydrogen (secondary N) is 1. The van der Waals surface area contributed by atoms with E-state index in [1.54, 1.807) is 12.1 Å². The first-order valence-corrected chi connectivity index (χ1v) is 9.68. The van der Waals surface area contributed by atoms with Gasteiger partial charge in [0.25, 0.3) is 5.91 Å². The van der Waals surface area contributed by atoms with Crippen molar-refractivity contribution in [3.8, 4) is 11.5 Å². The van der Waals surface area contributed by atoms with Gasteiger partial charge in [-0.1, -0.05) is 30.3 Å². The lowest BCUT2D eigenvalue weighted by Gasteiger charge is -2.15. The minimum Gasteiger partial charge on any atom is -0.457 e. The van der Waals surface area contributed by atoms with Crippen LogP contribution in [-0.2, 0) is 11.3 Å². The summed E-state index contributed by atoms with van der Waals surface area (Å²) in [5.74, 6) is 1.49. The van der Waals surface area contributed by atoms with Gasteiger partial charge in [0.15, 0.2) is 0 Å². The lowest BCUT2D eigenvalue weighted by Crippen LogP contribution is -2.23. The third kappa shape index (κ3) is 4.82. The maximum absolute atomic E-state index is 12.5. The predicted octanol–water partition coefficient (Wildman–Crippen LogP) is 4.85.